The Morgan fingerprint density at radius 2 is 1.93 bits per heavy atom. The highest BCUT2D eigenvalue weighted by Crippen LogP contribution is 2.47. The number of halogens is 2. The van der Waals surface area contributed by atoms with Gasteiger partial charge in [-0.05, 0) is 36.1 Å². The van der Waals surface area contributed by atoms with Crippen molar-refractivity contribution in [3.63, 3.8) is 0 Å². The van der Waals surface area contributed by atoms with Crippen molar-refractivity contribution in [2.24, 2.45) is 5.92 Å². The minimum absolute atomic E-state index is 0.0332. The van der Waals surface area contributed by atoms with Crippen LogP contribution in [0, 0.1) is 28.9 Å². The number of esters is 1. The average Bonchev–Trinajstić information content (AvgIpc) is 3.47. The molecule has 138 valence electrons. The molecule has 27 heavy (non-hydrogen) atoms. The molecule has 2 aromatic rings. The van der Waals surface area contributed by atoms with Gasteiger partial charge in [0.15, 0.2) is 6.04 Å². The molecule has 1 amide bonds. The highest BCUT2D eigenvalue weighted by atomic mass is 19.1. The zero-order chi connectivity index (χ0) is 19.6. The third kappa shape index (κ3) is 3.95. The quantitative estimate of drug-likeness (QED) is 0.821. The fraction of sp³-hybridized carbons (Fsp3) is 0.250. The molecule has 0 heterocycles. The normalized spacial score (nSPS) is 18.9. The predicted molar refractivity (Wildman–Crippen MR) is 91.3 cm³/mol. The standard InChI is InChI=1S/C20H16F2N2O3/c1-27-20(26)18(14-7-6-13(21)8-17(14)22)24-19(25)16-9-15(16)12-4-2-11(10-23)3-5-12/h2-8,15-16,18H,9H2,1H3,(H,24,25). The fourth-order valence-electron chi connectivity index (χ4n) is 3.02. The van der Waals surface area contributed by atoms with E-state index in [1.54, 1.807) is 24.3 Å². The maximum Gasteiger partial charge on any atom is 0.333 e. The molecule has 7 heteroatoms. The summed E-state index contributed by atoms with van der Waals surface area (Å²) in [6.45, 7) is 0. The number of ether oxygens (including phenoxy) is 1. The second-order valence-electron chi connectivity index (χ2n) is 6.31. The van der Waals surface area contributed by atoms with Crippen LogP contribution in [-0.2, 0) is 14.3 Å². The van der Waals surface area contributed by atoms with Gasteiger partial charge in [0.1, 0.15) is 11.6 Å². The summed E-state index contributed by atoms with van der Waals surface area (Å²) in [7, 11) is 1.12. The van der Waals surface area contributed by atoms with Crippen molar-refractivity contribution in [2.75, 3.05) is 7.11 Å². The van der Waals surface area contributed by atoms with E-state index in [4.69, 9.17) is 5.26 Å². The van der Waals surface area contributed by atoms with Crippen LogP contribution in [0.15, 0.2) is 42.5 Å². The molecule has 0 aliphatic heterocycles. The fourth-order valence-corrected chi connectivity index (χ4v) is 3.02. The monoisotopic (exact) mass is 370 g/mol. The Morgan fingerprint density at radius 3 is 2.52 bits per heavy atom. The van der Waals surface area contributed by atoms with E-state index in [9.17, 15) is 18.4 Å². The molecule has 3 atom stereocenters. The molecule has 0 spiro atoms. The first kappa shape index (κ1) is 18.5. The van der Waals surface area contributed by atoms with E-state index < -0.39 is 29.6 Å². The van der Waals surface area contributed by atoms with Crippen molar-refractivity contribution in [2.45, 2.75) is 18.4 Å². The number of rotatable bonds is 5. The van der Waals surface area contributed by atoms with Crippen molar-refractivity contribution < 1.29 is 23.1 Å². The Kier molecular flexibility index (Phi) is 5.17. The molecule has 0 saturated heterocycles. The SMILES string of the molecule is COC(=O)C(NC(=O)C1CC1c1ccc(C#N)cc1)c1ccc(F)cc1F. The average molecular weight is 370 g/mol. The zero-order valence-corrected chi connectivity index (χ0v) is 14.4. The van der Waals surface area contributed by atoms with Crippen LogP contribution < -0.4 is 5.32 Å². The molecular formula is C20H16F2N2O3. The van der Waals surface area contributed by atoms with Gasteiger partial charge in [-0.15, -0.1) is 0 Å². The molecule has 1 N–H and O–H groups in total. The summed E-state index contributed by atoms with van der Waals surface area (Å²) in [5, 5.41) is 11.3. The minimum atomic E-state index is -1.36. The van der Waals surface area contributed by atoms with Gasteiger partial charge in [-0.1, -0.05) is 18.2 Å². The van der Waals surface area contributed by atoms with E-state index in [0.717, 1.165) is 24.8 Å². The summed E-state index contributed by atoms with van der Waals surface area (Å²) in [5.74, 6) is -3.38. The molecule has 1 fully saturated rings. The maximum absolute atomic E-state index is 14.1. The van der Waals surface area contributed by atoms with Crippen LogP contribution in [0.1, 0.15) is 35.1 Å². The Balaban J connectivity index is 1.74. The number of methoxy groups -OCH3 is 1. The van der Waals surface area contributed by atoms with Crippen molar-refractivity contribution in [1.82, 2.24) is 5.32 Å². The van der Waals surface area contributed by atoms with E-state index >= 15 is 0 Å². The van der Waals surface area contributed by atoms with Gasteiger partial charge in [0, 0.05) is 17.5 Å². The highest BCUT2D eigenvalue weighted by Gasteiger charge is 2.45. The van der Waals surface area contributed by atoms with E-state index in [2.05, 4.69) is 10.1 Å². The van der Waals surface area contributed by atoms with Crippen LogP contribution in [-0.4, -0.2) is 19.0 Å². The number of hydrogen-bond donors (Lipinski definition) is 1. The van der Waals surface area contributed by atoms with Gasteiger partial charge < -0.3 is 10.1 Å². The van der Waals surface area contributed by atoms with Crippen LogP contribution in [0.3, 0.4) is 0 Å². The van der Waals surface area contributed by atoms with E-state index in [-0.39, 0.29) is 17.4 Å². The molecule has 1 aliphatic carbocycles. The lowest BCUT2D eigenvalue weighted by atomic mass is 10.0. The number of carbonyl (C=O) groups excluding carboxylic acids is 2. The first-order valence-electron chi connectivity index (χ1n) is 8.27. The van der Waals surface area contributed by atoms with Crippen LogP contribution in [0.4, 0.5) is 8.78 Å². The number of benzene rings is 2. The Morgan fingerprint density at radius 1 is 1.22 bits per heavy atom. The van der Waals surface area contributed by atoms with Crippen molar-refractivity contribution in [3.05, 3.63) is 70.8 Å². The summed E-state index contributed by atoms with van der Waals surface area (Å²) < 4.78 is 31.8. The predicted octanol–water partition coefficient (Wildman–Crippen LogP) is 2.97. The third-order valence-electron chi connectivity index (χ3n) is 4.59. The molecule has 1 saturated carbocycles. The number of carbonyl (C=O) groups is 2. The smallest absolute Gasteiger partial charge is 0.333 e. The highest BCUT2D eigenvalue weighted by molar-refractivity contribution is 5.88. The molecule has 3 rings (SSSR count). The van der Waals surface area contributed by atoms with E-state index in [0.29, 0.717) is 18.1 Å². The summed E-state index contributed by atoms with van der Waals surface area (Å²) in [4.78, 5) is 24.5. The number of nitrogens with zero attached hydrogens (tertiary/aromatic N) is 1. The van der Waals surface area contributed by atoms with Crippen LogP contribution in [0.5, 0.6) is 0 Å². The minimum Gasteiger partial charge on any atom is -0.467 e. The van der Waals surface area contributed by atoms with Gasteiger partial charge in [0.2, 0.25) is 5.91 Å². The topological polar surface area (TPSA) is 79.2 Å². The third-order valence-corrected chi connectivity index (χ3v) is 4.59. The molecule has 0 radical (unpaired) electrons. The van der Waals surface area contributed by atoms with Gasteiger partial charge in [0.05, 0.1) is 18.7 Å². The van der Waals surface area contributed by atoms with Crippen LogP contribution in [0.2, 0.25) is 0 Å². The second kappa shape index (κ2) is 7.54. The summed E-state index contributed by atoms with van der Waals surface area (Å²) >= 11 is 0. The lowest BCUT2D eigenvalue weighted by molar-refractivity contribution is -0.145. The second-order valence-corrected chi connectivity index (χ2v) is 6.31. The van der Waals surface area contributed by atoms with Gasteiger partial charge in [-0.25, -0.2) is 13.6 Å². The Labute approximate surface area is 154 Å². The lowest BCUT2D eigenvalue weighted by Gasteiger charge is -2.17. The first-order valence-corrected chi connectivity index (χ1v) is 8.27. The van der Waals surface area contributed by atoms with Gasteiger partial charge >= 0.3 is 5.97 Å². The van der Waals surface area contributed by atoms with E-state index in [1.807, 2.05) is 6.07 Å². The van der Waals surface area contributed by atoms with Crippen molar-refractivity contribution in [3.8, 4) is 6.07 Å². The number of nitriles is 1. The van der Waals surface area contributed by atoms with Crippen LogP contribution >= 0.6 is 0 Å². The lowest BCUT2D eigenvalue weighted by Crippen LogP contribution is -2.36. The number of hydrogen-bond acceptors (Lipinski definition) is 4. The molecule has 1 aliphatic rings. The Bertz CT molecular complexity index is 922. The Hall–Kier alpha value is -3.27. The number of nitrogens with one attached hydrogen (secondary N) is 1. The van der Waals surface area contributed by atoms with Crippen molar-refractivity contribution in [1.29, 1.82) is 5.26 Å². The molecule has 5 nitrogen and oxygen atoms in total. The zero-order valence-electron chi connectivity index (χ0n) is 14.4. The number of amides is 1. The summed E-state index contributed by atoms with van der Waals surface area (Å²) in [6, 6.07) is 10.4. The molecule has 2 aromatic carbocycles. The van der Waals surface area contributed by atoms with Gasteiger partial charge in [-0.2, -0.15) is 5.26 Å². The molecular weight excluding hydrogens is 354 g/mol. The molecule has 0 aromatic heterocycles. The first-order chi connectivity index (χ1) is 12.9. The maximum atomic E-state index is 14.1. The molecule has 3 unspecified atom stereocenters. The van der Waals surface area contributed by atoms with E-state index in [1.165, 1.54) is 0 Å². The summed E-state index contributed by atoms with van der Waals surface area (Å²) in [6.07, 6.45) is 0.581. The largest absolute Gasteiger partial charge is 0.467 e. The summed E-state index contributed by atoms with van der Waals surface area (Å²) in [5.41, 5.74) is 1.28. The van der Waals surface area contributed by atoms with Gasteiger partial charge in [-0.3, -0.25) is 4.79 Å². The molecule has 0 bridgehead atoms. The van der Waals surface area contributed by atoms with Crippen LogP contribution in [0.25, 0.3) is 0 Å². The van der Waals surface area contributed by atoms with Gasteiger partial charge in [0.25, 0.3) is 0 Å². The van der Waals surface area contributed by atoms with Crippen molar-refractivity contribution >= 4 is 11.9 Å².